The van der Waals surface area contributed by atoms with E-state index in [4.69, 9.17) is 12.9 Å². The van der Waals surface area contributed by atoms with Crippen molar-refractivity contribution < 1.29 is 12.9 Å². The molecule has 3 aromatic rings. The van der Waals surface area contributed by atoms with Crippen molar-refractivity contribution in [2.75, 3.05) is 6.61 Å². The SMILES string of the molecule is CC(C)COp1oc2c(C(C)(C)C)cc(C(C)(C)C)cc2c2cc(C(C)(C)C)cc(C(C)(C)C)c2o1. The minimum absolute atomic E-state index is 0.00424. The molecule has 0 spiro atoms. The first kappa shape index (κ1) is 28.9. The molecule has 4 heteroatoms. The van der Waals surface area contributed by atoms with Gasteiger partial charge in [-0.2, -0.15) is 0 Å². The minimum Gasteiger partial charge on any atom is -0.399 e. The second-order valence-electron chi connectivity index (χ2n) is 14.9. The highest BCUT2D eigenvalue weighted by molar-refractivity contribution is 7.31. The van der Waals surface area contributed by atoms with Crippen molar-refractivity contribution in [1.29, 1.82) is 0 Å². The fraction of sp³-hybridized carbons (Fsp3) is 0.625. The summed E-state index contributed by atoms with van der Waals surface area (Å²) in [6.45, 7) is 32.1. The predicted molar refractivity (Wildman–Crippen MR) is 157 cm³/mol. The third kappa shape index (κ3) is 6.22. The van der Waals surface area contributed by atoms with Gasteiger partial charge in [-0.05, 0) is 50.8 Å². The van der Waals surface area contributed by atoms with E-state index < -0.39 is 8.24 Å². The van der Waals surface area contributed by atoms with Crippen molar-refractivity contribution in [3.8, 4) is 0 Å². The monoisotopic (exact) mass is 512 g/mol. The Balaban J connectivity index is 2.71. The van der Waals surface area contributed by atoms with Crippen molar-refractivity contribution >= 4 is 30.2 Å². The molecular weight excluding hydrogens is 463 g/mol. The van der Waals surface area contributed by atoms with Gasteiger partial charge in [0.15, 0.2) is 0 Å². The van der Waals surface area contributed by atoms with Crippen LogP contribution in [0, 0.1) is 5.92 Å². The van der Waals surface area contributed by atoms with Crippen LogP contribution in [0.15, 0.2) is 32.7 Å². The number of fused-ring (bicyclic) bond motifs is 3. The van der Waals surface area contributed by atoms with Gasteiger partial charge in [-0.25, -0.2) is 0 Å². The van der Waals surface area contributed by atoms with E-state index in [0.29, 0.717) is 12.5 Å². The van der Waals surface area contributed by atoms with Crippen molar-refractivity contribution in [2.45, 2.75) is 119 Å². The lowest BCUT2D eigenvalue weighted by Gasteiger charge is -2.27. The van der Waals surface area contributed by atoms with Gasteiger partial charge in [-0.3, -0.25) is 4.52 Å². The summed E-state index contributed by atoms with van der Waals surface area (Å²) in [5.74, 6) is 0.387. The average Bonchev–Trinajstić information content (AvgIpc) is 2.84. The van der Waals surface area contributed by atoms with Gasteiger partial charge in [0.05, 0.1) is 6.61 Å². The average molecular weight is 513 g/mol. The number of hydrogen-bond donors (Lipinski definition) is 0. The fourth-order valence-corrected chi connectivity index (χ4v) is 5.52. The van der Waals surface area contributed by atoms with E-state index in [1.54, 1.807) is 0 Å². The fourth-order valence-electron chi connectivity index (χ4n) is 4.27. The van der Waals surface area contributed by atoms with Crippen LogP contribution in [0.25, 0.3) is 21.9 Å². The molecule has 0 saturated carbocycles. The van der Waals surface area contributed by atoms with Crippen LogP contribution in [0.3, 0.4) is 0 Å². The van der Waals surface area contributed by atoms with E-state index in [9.17, 15) is 0 Å². The molecule has 0 fully saturated rings. The lowest BCUT2D eigenvalue weighted by Crippen LogP contribution is -2.17. The van der Waals surface area contributed by atoms with Crippen molar-refractivity contribution in [2.24, 2.45) is 5.92 Å². The second-order valence-corrected chi connectivity index (χ2v) is 16.0. The lowest BCUT2D eigenvalue weighted by molar-refractivity contribution is 0.322. The molecule has 0 aliphatic rings. The van der Waals surface area contributed by atoms with Gasteiger partial charge in [-0.15, -0.1) is 0 Å². The first-order chi connectivity index (χ1) is 16.2. The largest absolute Gasteiger partial charge is 0.399 e. The molecule has 3 rings (SSSR count). The normalized spacial score (nSPS) is 13.8. The van der Waals surface area contributed by atoms with Crippen molar-refractivity contribution in [1.82, 2.24) is 0 Å². The Morgan fingerprint density at radius 2 is 0.972 bits per heavy atom. The highest BCUT2D eigenvalue weighted by atomic mass is 31.1. The first-order valence-corrected chi connectivity index (χ1v) is 14.5. The molecular formula is C32H49O3P. The Hall–Kier alpha value is -1.70. The Morgan fingerprint density at radius 1 is 0.611 bits per heavy atom. The molecule has 0 bridgehead atoms. The summed E-state index contributed by atoms with van der Waals surface area (Å²) < 4.78 is 19.7. The summed E-state index contributed by atoms with van der Waals surface area (Å²) in [6.07, 6.45) is 0. The zero-order valence-electron chi connectivity index (χ0n) is 25.3. The van der Waals surface area contributed by atoms with Crippen LogP contribution in [0.4, 0.5) is 0 Å². The molecule has 1 aromatic heterocycles. The van der Waals surface area contributed by atoms with Gasteiger partial charge in [0.25, 0.3) is 0 Å². The zero-order chi connectivity index (χ0) is 27.4. The highest BCUT2D eigenvalue weighted by Gasteiger charge is 2.28. The van der Waals surface area contributed by atoms with Gasteiger partial charge < -0.3 is 8.39 Å². The van der Waals surface area contributed by atoms with E-state index in [1.807, 2.05) is 0 Å². The maximum Gasteiger partial charge on any atom is 0.387 e. The summed E-state index contributed by atoms with van der Waals surface area (Å²) in [5.41, 5.74) is 6.56. The van der Waals surface area contributed by atoms with Gasteiger partial charge in [0.1, 0.15) is 11.2 Å². The highest BCUT2D eigenvalue weighted by Crippen LogP contribution is 2.45. The third-order valence-electron chi connectivity index (χ3n) is 6.66. The number of rotatable bonds is 3. The summed E-state index contributed by atoms with van der Waals surface area (Å²) in [5, 5.41) is 2.22. The zero-order valence-corrected chi connectivity index (χ0v) is 26.2. The van der Waals surface area contributed by atoms with Gasteiger partial charge >= 0.3 is 8.24 Å². The second kappa shape index (κ2) is 9.55. The topological polar surface area (TPSA) is 35.5 Å². The third-order valence-corrected chi connectivity index (χ3v) is 7.68. The Kier molecular flexibility index (Phi) is 7.66. The molecule has 0 atom stereocenters. The summed E-state index contributed by atoms with van der Waals surface area (Å²) in [4.78, 5) is 0. The molecule has 200 valence electrons. The number of hydrogen-bond acceptors (Lipinski definition) is 3. The van der Waals surface area contributed by atoms with E-state index in [-0.39, 0.29) is 21.7 Å². The minimum atomic E-state index is -1.61. The maximum atomic E-state index is 6.73. The molecule has 0 unspecified atom stereocenters. The summed E-state index contributed by atoms with van der Waals surface area (Å²) >= 11 is 0. The number of benzene rings is 2. The lowest BCUT2D eigenvalue weighted by atomic mass is 9.77. The molecule has 36 heavy (non-hydrogen) atoms. The summed E-state index contributed by atoms with van der Waals surface area (Å²) in [6, 6.07) is 9.32. The van der Waals surface area contributed by atoms with E-state index in [0.717, 1.165) is 21.9 Å². The van der Waals surface area contributed by atoms with E-state index in [1.165, 1.54) is 22.3 Å². The summed E-state index contributed by atoms with van der Waals surface area (Å²) in [7, 11) is -1.61. The predicted octanol–water partition coefficient (Wildman–Crippen LogP) is 10.6. The molecule has 0 aliphatic heterocycles. The molecule has 0 radical (unpaired) electrons. The van der Waals surface area contributed by atoms with Crippen LogP contribution in [-0.2, 0) is 21.7 Å². The van der Waals surface area contributed by atoms with Crippen LogP contribution >= 0.6 is 8.24 Å². The van der Waals surface area contributed by atoms with E-state index in [2.05, 4.69) is 121 Å². The first-order valence-electron chi connectivity index (χ1n) is 13.4. The Labute approximate surface area is 220 Å². The smallest absolute Gasteiger partial charge is 0.387 e. The quantitative estimate of drug-likeness (QED) is 0.350. The molecule has 0 N–H and O–H groups in total. The molecule has 0 aliphatic carbocycles. The van der Waals surface area contributed by atoms with Gasteiger partial charge in [-0.1, -0.05) is 109 Å². The molecule has 0 amide bonds. The van der Waals surface area contributed by atoms with Crippen molar-refractivity contribution in [3.05, 3.63) is 46.5 Å². The van der Waals surface area contributed by atoms with E-state index >= 15 is 0 Å². The van der Waals surface area contributed by atoms with Crippen LogP contribution in [0.2, 0.25) is 0 Å². The Morgan fingerprint density at radius 3 is 1.25 bits per heavy atom. The van der Waals surface area contributed by atoms with Crippen LogP contribution in [0.5, 0.6) is 0 Å². The Bertz CT molecular complexity index is 1190. The van der Waals surface area contributed by atoms with Gasteiger partial charge in [0, 0.05) is 21.9 Å². The van der Waals surface area contributed by atoms with Gasteiger partial charge in [0.2, 0.25) is 0 Å². The van der Waals surface area contributed by atoms with Crippen LogP contribution in [0.1, 0.15) is 119 Å². The maximum absolute atomic E-state index is 6.73. The van der Waals surface area contributed by atoms with Crippen molar-refractivity contribution in [3.63, 3.8) is 0 Å². The van der Waals surface area contributed by atoms with Crippen LogP contribution < -0.4 is 4.52 Å². The van der Waals surface area contributed by atoms with Crippen LogP contribution in [-0.4, -0.2) is 6.61 Å². The molecule has 2 aromatic carbocycles. The molecule has 3 nitrogen and oxygen atoms in total. The standard InChI is InChI=1S/C32H49O3P/c1-20(2)19-33-36-34-27-23(15-21(29(3,4)5)17-25(27)31(9,10)11)24-16-22(30(6,7)8)18-26(28(24)35-36)32(12,13)14/h15-18,20H,19H2,1-14H3. The molecule has 0 saturated heterocycles. The molecule has 1 heterocycles.